The fraction of sp³-hybridized carbons (Fsp3) is 0.278. The number of imide groups is 1. The van der Waals surface area contributed by atoms with Crippen LogP contribution >= 0.6 is 11.3 Å². The van der Waals surface area contributed by atoms with Crippen molar-refractivity contribution in [2.24, 2.45) is 0 Å². The molecule has 1 aromatic carbocycles. The minimum Gasteiger partial charge on any atom is -0.387 e. The number of likely N-dealkylation sites (tertiary alicyclic amines) is 1. The van der Waals surface area contributed by atoms with Gasteiger partial charge in [0.2, 0.25) is 17.7 Å². The number of benzene rings is 1. The van der Waals surface area contributed by atoms with E-state index in [0.29, 0.717) is 5.56 Å². The molecule has 1 fully saturated rings. The Bertz CT molecular complexity index is 755. The van der Waals surface area contributed by atoms with Crippen molar-refractivity contribution in [3.63, 3.8) is 0 Å². The van der Waals surface area contributed by atoms with Crippen molar-refractivity contribution >= 4 is 29.1 Å². The van der Waals surface area contributed by atoms with E-state index in [1.54, 1.807) is 11.3 Å². The Labute approximate surface area is 149 Å². The molecule has 0 radical (unpaired) electrons. The zero-order valence-electron chi connectivity index (χ0n) is 13.5. The van der Waals surface area contributed by atoms with Crippen LogP contribution in [0, 0.1) is 0 Å². The maximum atomic E-state index is 11.9. The van der Waals surface area contributed by atoms with Crippen LogP contribution < -0.4 is 5.32 Å². The van der Waals surface area contributed by atoms with Crippen LogP contribution in [0.4, 0.5) is 0 Å². The van der Waals surface area contributed by atoms with Gasteiger partial charge in [0.05, 0.1) is 6.10 Å². The average molecular weight is 358 g/mol. The number of aliphatic hydroxyl groups is 1. The number of amides is 3. The highest BCUT2D eigenvalue weighted by Crippen LogP contribution is 2.25. The number of carbonyl (C=O) groups excluding carboxylic acids is 3. The number of rotatable bonds is 6. The van der Waals surface area contributed by atoms with E-state index < -0.39 is 12.0 Å². The fourth-order valence-corrected chi connectivity index (χ4v) is 3.37. The molecule has 0 saturated carbocycles. The summed E-state index contributed by atoms with van der Waals surface area (Å²) in [7, 11) is 0. The van der Waals surface area contributed by atoms with E-state index in [9.17, 15) is 19.5 Å². The average Bonchev–Trinajstić information content (AvgIpc) is 3.26. The van der Waals surface area contributed by atoms with Gasteiger partial charge in [-0.1, -0.05) is 30.3 Å². The standard InChI is InChI=1S/C18H18N2O4S/c21-14(10-19-16(22)11-20-17(23)7-8-18(20)24)12-3-5-13(6-4-12)15-2-1-9-25-15/h1-6,9,14,21H,7-8,10-11H2,(H,19,22). The van der Waals surface area contributed by atoms with Crippen LogP contribution in [0.1, 0.15) is 24.5 Å². The third-order valence-corrected chi connectivity index (χ3v) is 4.97. The third kappa shape index (κ3) is 4.12. The monoisotopic (exact) mass is 358 g/mol. The highest BCUT2D eigenvalue weighted by Gasteiger charge is 2.30. The van der Waals surface area contributed by atoms with Gasteiger partial charge in [0.1, 0.15) is 6.54 Å². The Morgan fingerprint density at radius 2 is 1.84 bits per heavy atom. The fourth-order valence-electron chi connectivity index (χ4n) is 2.64. The summed E-state index contributed by atoms with van der Waals surface area (Å²) < 4.78 is 0. The molecular formula is C18H18N2O4S. The first-order chi connectivity index (χ1) is 12.0. The molecule has 130 valence electrons. The van der Waals surface area contributed by atoms with Gasteiger partial charge in [0, 0.05) is 24.3 Å². The second-order valence-electron chi connectivity index (χ2n) is 5.79. The molecule has 1 aromatic heterocycles. The van der Waals surface area contributed by atoms with E-state index in [2.05, 4.69) is 5.32 Å². The van der Waals surface area contributed by atoms with Crippen molar-refractivity contribution in [1.29, 1.82) is 0 Å². The van der Waals surface area contributed by atoms with Gasteiger partial charge in [-0.2, -0.15) is 0 Å². The Kier molecular flexibility index (Phi) is 5.25. The molecule has 0 spiro atoms. The van der Waals surface area contributed by atoms with E-state index in [1.165, 1.54) is 0 Å². The summed E-state index contributed by atoms with van der Waals surface area (Å²) in [6, 6.07) is 11.5. The molecule has 2 N–H and O–H groups in total. The van der Waals surface area contributed by atoms with Crippen molar-refractivity contribution in [1.82, 2.24) is 10.2 Å². The number of nitrogens with zero attached hydrogens (tertiary/aromatic N) is 1. The summed E-state index contributed by atoms with van der Waals surface area (Å²) in [6.07, 6.45) is -0.539. The van der Waals surface area contributed by atoms with Gasteiger partial charge in [-0.15, -0.1) is 11.3 Å². The van der Waals surface area contributed by atoms with E-state index in [-0.39, 0.29) is 37.7 Å². The van der Waals surface area contributed by atoms with Crippen molar-refractivity contribution in [3.8, 4) is 10.4 Å². The van der Waals surface area contributed by atoms with Gasteiger partial charge in [0.25, 0.3) is 0 Å². The molecule has 0 aliphatic carbocycles. The summed E-state index contributed by atoms with van der Waals surface area (Å²) in [6.45, 7) is -0.269. The van der Waals surface area contributed by atoms with Crippen molar-refractivity contribution in [3.05, 3.63) is 47.3 Å². The summed E-state index contributed by atoms with van der Waals surface area (Å²) in [5.74, 6) is -1.12. The molecule has 3 amide bonds. The van der Waals surface area contributed by atoms with E-state index in [0.717, 1.165) is 15.3 Å². The van der Waals surface area contributed by atoms with Crippen molar-refractivity contribution in [2.75, 3.05) is 13.1 Å². The molecule has 1 aliphatic rings. The lowest BCUT2D eigenvalue weighted by atomic mass is 10.1. The SMILES string of the molecule is O=C(CN1C(=O)CCC1=O)NCC(O)c1ccc(-c2cccs2)cc1. The zero-order chi connectivity index (χ0) is 17.8. The van der Waals surface area contributed by atoms with Crippen LogP contribution in [0.5, 0.6) is 0 Å². The van der Waals surface area contributed by atoms with Crippen LogP contribution in [-0.2, 0) is 14.4 Å². The molecule has 0 bridgehead atoms. The summed E-state index contributed by atoms with van der Waals surface area (Å²) in [4.78, 5) is 36.9. The lowest BCUT2D eigenvalue weighted by Gasteiger charge is -2.16. The van der Waals surface area contributed by atoms with Crippen molar-refractivity contribution < 1.29 is 19.5 Å². The summed E-state index contributed by atoms with van der Waals surface area (Å²) in [5.41, 5.74) is 1.76. The Hall–Kier alpha value is -2.51. The molecule has 3 rings (SSSR count). The largest absolute Gasteiger partial charge is 0.387 e. The van der Waals surface area contributed by atoms with Crippen LogP contribution in [0.25, 0.3) is 10.4 Å². The quantitative estimate of drug-likeness (QED) is 0.770. The smallest absolute Gasteiger partial charge is 0.240 e. The normalized spacial score (nSPS) is 15.5. The van der Waals surface area contributed by atoms with Gasteiger partial charge < -0.3 is 10.4 Å². The van der Waals surface area contributed by atoms with Gasteiger partial charge in [-0.05, 0) is 22.6 Å². The number of nitrogens with one attached hydrogen (secondary N) is 1. The van der Waals surface area contributed by atoms with E-state index >= 15 is 0 Å². The molecule has 1 aliphatic heterocycles. The zero-order valence-corrected chi connectivity index (χ0v) is 14.3. The van der Waals surface area contributed by atoms with E-state index in [1.807, 2.05) is 41.8 Å². The molecular weight excluding hydrogens is 340 g/mol. The minimum atomic E-state index is -0.855. The molecule has 1 saturated heterocycles. The van der Waals surface area contributed by atoms with E-state index in [4.69, 9.17) is 0 Å². The number of hydrogen-bond acceptors (Lipinski definition) is 5. The lowest BCUT2D eigenvalue weighted by Crippen LogP contribution is -2.41. The van der Waals surface area contributed by atoms with Crippen LogP contribution in [-0.4, -0.2) is 40.8 Å². The first-order valence-corrected chi connectivity index (χ1v) is 8.84. The Balaban J connectivity index is 1.52. The second-order valence-corrected chi connectivity index (χ2v) is 6.74. The van der Waals surface area contributed by atoms with Gasteiger partial charge in [0.15, 0.2) is 0 Å². The summed E-state index contributed by atoms with van der Waals surface area (Å²) in [5, 5.41) is 14.8. The minimum absolute atomic E-state index is 0.0212. The third-order valence-electron chi connectivity index (χ3n) is 4.05. The van der Waals surface area contributed by atoms with Crippen molar-refractivity contribution in [2.45, 2.75) is 18.9 Å². The Morgan fingerprint density at radius 3 is 2.44 bits per heavy atom. The summed E-state index contributed by atoms with van der Waals surface area (Å²) >= 11 is 1.64. The number of aliphatic hydroxyl groups excluding tert-OH is 1. The van der Waals surface area contributed by atoms with Crippen LogP contribution in [0.15, 0.2) is 41.8 Å². The highest BCUT2D eigenvalue weighted by molar-refractivity contribution is 7.13. The molecule has 1 atom stereocenters. The molecule has 1 unspecified atom stereocenters. The van der Waals surface area contributed by atoms with Gasteiger partial charge in [-0.3, -0.25) is 19.3 Å². The topological polar surface area (TPSA) is 86.7 Å². The lowest BCUT2D eigenvalue weighted by molar-refractivity contribution is -0.142. The highest BCUT2D eigenvalue weighted by atomic mass is 32.1. The molecule has 25 heavy (non-hydrogen) atoms. The first-order valence-electron chi connectivity index (χ1n) is 7.96. The van der Waals surface area contributed by atoms with Crippen LogP contribution in [0.3, 0.4) is 0 Å². The molecule has 7 heteroatoms. The maximum Gasteiger partial charge on any atom is 0.240 e. The second kappa shape index (κ2) is 7.58. The number of thiophene rings is 1. The Morgan fingerprint density at radius 1 is 1.16 bits per heavy atom. The number of hydrogen-bond donors (Lipinski definition) is 2. The van der Waals surface area contributed by atoms with Gasteiger partial charge >= 0.3 is 0 Å². The predicted molar refractivity (Wildman–Crippen MR) is 93.7 cm³/mol. The maximum absolute atomic E-state index is 11.9. The molecule has 2 aromatic rings. The first kappa shape index (κ1) is 17.3. The number of carbonyl (C=O) groups is 3. The predicted octanol–water partition coefficient (Wildman–Crippen LogP) is 1.71. The molecule has 6 nitrogen and oxygen atoms in total. The molecule has 2 heterocycles. The van der Waals surface area contributed by atoms with Gasteiger partial charge in [-0.25, -0.2) is 0 Å². The van der Waals surface area contributed by atoms with Crippen LogP contribution in [0.2, 0.25) is 0 Å².